The second-order valence-corrected chi connectivity index (χ2v) is 14.6. The largest absolute Gasteiger partial charge is 0.393 e. The van der Waals surface area contributed by atoms with Crippen LogP contribution in [0.4, 0.5) is 0 Å². The minimum Gasteiger partial charge on any atom is -0.393 e. The summed E-state index contributed by atoms with van der Waals surface area (Å²) in [5.74, 6) is 0. The molecule has 1 heterocycles. The number of nitrogens with zero attached hydrogens (tertiary/aromatic N) is 1. The van der Waals surface area contributed by atoms with Gasteiger partial charge in [0.05, 0.1) is 6.04 Å². The molecule has 6 rings (SSSR count). The summed E-state index contributed by atoms with van der Waals surface area (Å²) in [6, 6.07) is 44.3. The summed E-state index contributed by atoms with van der Waals surface area (Å²) in [6.07, 6.45) is 9.73. The highest BCUT2D eigenvalue weighted by atomic mass is 28.4. The molecule has 4 aromatic carbocycles. The lowest BCUT2D eigenvalue weighted by molar-refractivity contribution is 0.0256. The van der Waals surface area contributed by atoms with Gasteiger partial charge in [-0.3, -0.25) is 0 Å². The van der Waals surface area contributed by atoms with E-state index >= 15 is 0 Å². The number of hydrogen-bond acceptors (Lipinski definition) is 2. The first-order valence-corrected chi connectivity index (χ1v) is 17.0. The molecule has 4 aromatic rings. The van der Waals surface area contributed by atoms with Crippen molar-refractivity contribution >= 4 is 18.7 Å². The van der Waals surface area contributed by atoms with Gasteiger partial charge in [0.15, 0.2) is 0 Å². The van der Waals surface area contributed by atoms with E-state index in [0.717, 1.165) is 13.0 Å². The summed E-state index contributed by atoms with van der Waals surface area (Å²) in [4.78, 5) is 2.73. The lowest BCUT2D eigenvalue weighted by Crippen LogP contribution is -2.65. The number of hydrogen-bond donors (Lipinski definition) is 0. The minimum atomic E-state index is -2.70. The summed E-state index contributed by atoms with van der Waals surface area (Å²) >= 11 is 0. The van der Waals surface area contributed by atoms with Crippen LogP contribution in [0.3, 0.4) is 0 Å². The maximum atomic E-state index is 8.04. The zero-order chi connectivity index (χ0) is 26.5. The molecule has 1 fully saturated rings. The highest BCUT2D eigenvalue weighted by molar-refractivity contribution is 6.96. The van der Waals surface area contributed by atoms with Crippen molar-refractivity contribution in [2.24, 2.45) is 0 Å². The maximum absolute atomic E-state index is 8.04. The third kappa shape index (κ3) is 4.90. The SMILES string of the molecule is C[Si](OC(c1ccccc1)(c1ccccc1)[C@@H]1CCCN1C1=CCCCC1)(c1ccccc1)c1ccccc1. The van der Waals surface area contributed by atoms with Gasteiger partial charge in [-0.25, -0.2) is 0 Å². The Balaban J connectivity index is 1.61. The van der Waals surface area contributed by atoms with Gasteiger partial charge in [-0.1, -0.05) is 127 Å². The quantitative estimate of drug-likeness (QED) is 0.223. The van der Waals surface area contributed by atoms with Gasteiger partial charge in [0.2, 0.25) is 0 Å². The van der Waals surface area contributed by atoms with Crippen molar-refractivity contribution in [1.29, 1.82) is 0 Å². The molecule has 0 aromatic heterocycles. The second kappa shape index (κ2) is 11.4. The van der Waals surface area contributed by atoms with Crippen molar-refractivity contribution in [1.82, 2.24) is 4.90 Å². The van der Waals surface area contributed by atoms with Crippen LogP contribution in [0, 0.1) is 0 Å². The van der Waals surface area contributed by atoms with Crippen molar-refractivity contribution in [3.8, 4) is 0 Å². The molecule has 0 amide bonds. The summed E-state index contributed by atoms with van der Waals surface area (Å²) in [6.45, 7) is 3.49. The molecule has 0 N–H and O–H groups in total. The van der Waals surface area contributed by atoms with Crippen molar-refractivity contribution < 1.29 is 4.43 Å². The minimum absolute atomic E-state index is 0.214. The zero-order valence-electron chi connectivity index (χ0n) is 23.0. The molecule has 198 valence electrons. The molecule has 0 saturated carbocycles. The highest BCUT2D eigenvalue weighted by Gasteiger charge is 2.53. The van der Waals surface area contributed by atoms with E-state index in [-0.39, 0.29) is 6.04 Å². The summed E-state index contributed by atoms with van der Waals surface area (Å²) < 4.78 is 8.04. The topological polar surface area (TPSA) is 12.5 Å². The Hall–Kier alpha value is -3.40. The van der Waals surface area contributed by atoms with Crippen molar-refractivity contribution in [3.63, 3.8) is 0 Å². The normalized spacial score (nSPS) is 18.1. The van der Waals surface area contributed by atoms with Crippen LogP contribution < -0.4 is 10.4 Å². The standard InChI is InChI=1S/C36H39NOSi/c1-39(33-24-13-5-14-25-33,34-26-15-6-16-27-34)38-36(30-18-7-2-8-19-30,31-20-9-3-10-21-31)35-28-17-29-37(35)32-22-11-4-12-23-32/h2-3,5-10,13-16,18-22,24-27,35H,4,11-12,17,23,28-29H2,1H3/t35-/m0/s1. The summed E-state index contributed by atoms with van der Waals surface area (Å²) in [5.41, 5.74) is 3.39. The molecule has 3 heteroatoms. The van der Waals surface area contributed by atoms with E-state index in [1.54, 1.807) is 0 Å². The van der Waals surface area contributed by atoms with Gasteiger partial charge >= 0.3 is 0 Å². The van der Waals surface area contributed by atoms with Crippen LogP contribution in [0.5, 0.6) is 0 Å². The van der Waals surface area contributed by atoms with Crippen LogP contribution in [0.2, 0.25) is 6.55 Å². The Kier molecular flexibility index (Phi) is 7.54. The lowest BCUT2D eigenvalue weighted by atomic mass is 9.78. The second-order valence-electron chi connectivity index (χ2n) is 11.1. The zero-order valence-corrected chi connectivity index (χ0v) is 24.0. The van der Waals surface area contributed by atoms with Crippen LogP contribution in [0.15, 0.2) is 133 Å². The van der Waals surface area contributed by atoms with Gasteiger partial charge in [0, 0.05) is 12.2 Å². The number of allylic oxidation sites excluding steroid dienone is 2. The van der Waals surface area contributed by atoms with Gasteiger partial charge in [0.1, 0.15) is 5.60 Å². The smallest absolute Gasteiger partial charge is 0.254 e. The Bertz CT molecular complexity index is 1290. The molecule has 1 aliphatic carbocycles. The molecule has 0 spiro atoms. The van der Waals surface area contributed by atoms with Gasteiger partial charge in [0.25, 0.3) is 8.32 Å². The first-order valence-electron chi connectivity index (χ1n) is 14.6. The van der Waals surface area contributed by atoms with E-state index in [0.29, 0.717) is 0 Å². The molecule has 0 unspecified atom stereocenters. The number of benzene rings is 4. The van der Waals surface area contributed by atoms with Crippen molar-refractivity contribution in [3.05, 3.63) is 144 Å². The van der Waals surface area contributed by atoms with E-state index < -0.39 is 13.9 Å². The molecule has 1 saturated heterocycles. The maximum Gasteiger partial charge on any atom is 0.254 e. The fourth-order valence-corrected chi connectivity index (χ4v) is 10.1. The van der Waals surface area contributed by atoms with E-state index in [1.165, 1.54) is 59.3 Å². The molecular formula is C36H39NOSi. The van der Waals surface area contributed by atoms with E-state index in [2.05, 4.69) is 139 Å². The van der Waals surface area contributed by atoms with E-state index in [9.17, 15) is 0 Å². The fraction of sp³-hybridized carbons (Fsp3) is 0.278. The Morgan fingerprint density at radius 2 is 1.18 bits per heavy atom. The first kappa shape index (κ1) is 25.9. The van der Waals surface area contributed by atoms with Gasteiger partial charge in [-0.15, -0.1) is 0 Å². The third-order valence-electron chi connectivity index (χ3n) is 8.78. The first-order chi connectivity index (χ1) is 19.2. The van der Waals surface area contributed by atoms with E-state index in [1.807, 2.05) is 0 Å². The van der Waals surface area contributed by atoms with Gasteiger partial charge in [-0.2, -0.15) is 0 Å². The number of rotatable bonds is 8. The van der Waals surface area contributed by atoms with Crippen LogP contribution in [-0.2, 0) is 10.0 Å². The van der Waals surface area contributed by atoms with E-state index in [4.69, 9.17) is 4.43 Å². The van der Waals surface area contributed by atoms with Crippen LogP contribution in [-0.4, -0.2) is 25.8 Å². The third-order valence-corrected chi connectivity index (χ3v) is 12.4. The molecule has 1 atom stereocenters. The monoisotopic (exact) mass is 529 g/mol. The highest BCUT2D eigenvalue weighted by Crippen LogP contribution is 2.47. The molecule has 2 aliphatic rings. The average molecular weight is 530 g/mol. The van der Waals surface area contributed by atoms with Crippen molar-refractivity contribution in [2.75, 3.05) is 6.54 Å². The molecule has 1 aliphatic heterocycles. The fourth-order valence-electron chi connectivity index (χ4n) is 6.84. The Morgan fingerprint density at radius 3 is 1.67 bits per heavy atom. The van der Waals surface area contributed by atoms with Gasteiger partial charge < -0.3 is 9.33 Å². The molecule has 2 nitrogen and oxygen atoms in total. The summed E-state index contributed by atoms with van der Waals surface area (Å²) in [5, 5.41) is 2.60. The molecule has 0 radical (unpaired) electrons. The Morgan fingerprint density at radius 1 is 0.667 bits per heavy atom. The number of likely N-dealkylation sites (tertiary alicyclic amines) is 1. The Labute approximate surface area is 235 Å². The average Bonchev–Trinajstić information content (AvgIpc) is 3.53. The van der Waals surface area contributed by atoms with Crippen LogP contribution in [0.25, 0.3) is 0 Å². The predicted octanol–water partition coefficient (Wildman–Crippen LogP) is 7.26. The predicted molar refractivity (Wildman–Crippen MR) is 165 cm³/mol. The van der Waals surface area contributed by atoms with Crippen molar-refractivity contribution in [2.45, 2.75) is 56.7 Å². The van der Waals surface area contributed by atoms with Crippen LogP contribution >= 0.6 is 0 Å². The van der Waals surface area contributed by atoms with Gasteiger partial charge in [-0.05, 0) is 66.6 Å². The summed E-state index contributed by atoms with van der Waals surface area (Å²) in [7, 11) is -2.70. The molecule has 0 bridgehead atoms. The molecule has 39 heavy (non-hydrogen) atoms. The van der Waals surface area contributed by atoms with Crippen LogP contribution in [0.1, 0.15) is 49.7 Å². The lowest BCUT2D eigenvalue weighted by Gasteiger charge is -2.50. The molecular weight excluding hydrogens is 490 g/mol.